The summed E-state index contributed by atoms with van der Waals surface area (Å²) in [5.41, 5.74) is 7.15. The highest BCUT2D eigenvalue weighted by molar-refractivity contribution is 6.05. The van der Waals surface area contributed by atoms with E-state index >= 15 is 0 Å². The fraction of sp³-hybridized carbons (Fsp3) is 0.353. The third-order valence-corrected chi connectivity index (χ3v) is 7.94. The van der Waals surface area contributed by atoms with Gasteiger partial charge in [-0.2, -0.15) is 4.99 Å². The summed E-state index contributed by atoms with van der Waals surface area (Å²) in [6.45, 7) is 9.69. The van der Waals surface area contributed by atoms with Crippen LogP contribution < -0.4 is 15.0 Å². The number of aliphatic imine (C=N–C) groups is 1. The van der Waals surface area contributed by atoms with Crippen molar-refractivity contribution in [2.45, 2.75) is 65.7 Å². The Morgan fingerprint density at radius 1 is 1.02 bits per heavy atom. The van der Waals surface area contributed by atoms with E-state index in [-0.39, 0.29) is 17.7 Å². The van der Waals surface area contributed by atoms with Gasteiger partial charge in [0.1, 0.15) is 17.9 Å². The van der Waals surface area contributed by atoms with Crippen molar-refractivity contribution in [3.05, 3.63) is 89.2 Å². The number of aryl methyl sites for hydroxylation is 3. The molecule has 1 fully saturated rings. The average Bonchev–Trinajstić information content (AvgIpc) is 3.48. The van der Waals surface area contributed by atoms with Gasteiger partial charge in [0.15, 0.2) is 5.82 Å². The van der Waals surface area contributed by atoms with Crippen molar-refractivity contribution in [1.82, 2.24) is 20.1 Å². The largest absolute Gasteiger partial charge is 0.573 e. The number of carbonyl (C=O) groups is 1. The van der Waals surface area contributed by atoms with Gasteiger partial charge >= 0.3 is 12.4 Å². The van der Waals surface area contributed by atoms with E-state index in [1.165, 1.54) is 52.0 Å². The minimum atomic E-state index is -4.75. The second-order valence-electron chi connectivity index (χ2n) is 11.4. The fourth-order valence-corrected chi connectivity index (χ4v) is 5.86. The van der Waals surface area contributed by atoms with Crippen LogP contribution in [0.4, 0.5) is 23.7 Å². The van der Waals surface area contributed by atoms with Crippen LogP contribution in [0, 0.1) is 20.8 Å². The van der Waals surface area contributed by atoms with Crippen molar-refractivity contribution >= 4 is 17.6 Å². The molecule has 1 atom stereocenters. The number of carbonyl (C=O) groups excluding carboxylic acids is 1. The molecule has 45 heavy (non-hydrogen) atoms. The Labute approximate surface area is 261 Å². The SMILES string of the molecule is CCC(CNC(=O)/N=C1\CCCCN1c1c(C)cc(C)cc1C)c1ccc(-c2ncn(-c3ccc(OC(F)(F)F)cc3)n2)cc1. The third kappa shape index (κ3) is 7.89. The van der Waals surface area contributed by atoms with Gasteiger partial charge < -0.3 is 15.0 Å². The molecule has 1 unspecified atom stereocenters. The normalized spacial score (nSPS) is 15.3. The lowest BCUT2D eigenvalue weighted by Crippen LogP contribution is -2.38. The molecule has 4 aromatic rings. The van der Waals surface area contributed by atoms with Crippen LogP contribution in [-0.4, -0.2) is 46.1 Å². The summed E-state index contributed by atoms with van der Waals surface area (Å²) in [5.74, 6) is 1.07. The van der Waals surface area contributed by atoms with Crippen molar-refractivity contribution in [3.63, 3.8) is 0 Å². The van der Waals surface area contributed by atoms with Gasteiger partial charge in [-0.3, -0.25) is 0 Å². The van der Waals surface area contributed by atoms with Crippen molar-refractivity contribution in [2.24, 2.45) is 4.99 Å². The number of urea groups is 1. The Kier molecular flexibility index (Phi) is 9.55. The minimum absolute atomic E-state index is 0.0928. The van der Waals surface area contributed by atoms with Gasteiger partial charge in [0.2, 0.25) is 0 Å². The van der Waals surface area contributed by atoms with E-state index < -0.39 is 6.36 Å². The summed E-state index contributed by atoms with van der Waals surface area (Å²) in [5, 5.41) is 7.50. The molecule has 2 amide bonds. The Hall–Kier alpha value is -4.67. The summed E-state index contributed by atoms with van der Waals surface area (Å²) in [7, 11) is 0. The second kappa shape index (κ2) is 13.5. The number of nitrogens with zero attached hydrogens (tertiary/aromatic N) is 5. The van der Waals surface area contributed by atoms with Crippen LogP contribution in [-0.2, 0) is 0 Å². The van der Waals surface area contributed by atoms with Gasteiger partial charge in [0.05, 0.1) is 5.69 Å². The standard InChI is InChI=1S/C34H37F3N6O2/c1-5-25(20-38-33(44)40-30-8-6-7-17-42(30)31-23(3)18-22(2)19-24(31)4)26-9-11-27(12-10-26)32-39-21-43(41-32)28-13-15-29(16-14-28)45-34(35,36)37/h9-16,18-19,21,25H,5-8,17,20H2,1-4H3,(H,38,44)/b40-30+. The number of aromatic nitrogens is 3. The number of alkyl halides is 3. The van der Waals surface area contributed by atoms with Crippen molar-refractivity contribution < 1.29 is 22.7 Å². The van der Waals surface area contributed by atoms with Crippen LogP contribution in [0.5, 0.6) is 5.75 Å². The molecule has 1 aromatic heterocycles. The smallest absolute Gasteiger partial charge is 0.406 e. The van der Waals surface area contributed by atoms with Gasteiger partial charge in [-0.1, -0.05) is 48.9 Å². The zero-order chi connectivity index (χ0) is 32.1. The Bertz CT molecular complexity index is 1640. The summed E-state index contributed by atoms with van der Waals surface area (Å²) >= 11 is 0. The molecule has 0 saturated carbocycles. The van der Waals surface area contributed by atoms with Gasteiger partial charge in [-0.15, -0.1) is 18.3 Å². The summed E-state index contributed by atoms with van der Waals surface area (Å²) < 4.78 is 42.7. The van der Waals surface area contributed by atoms with Gasteiger partial charge in [-0.05, 0) is 81.0 Å². The number of piperidine rings is 1. The molecule has 1 aliphatic rings. The first kappa shape index (κ1) is 31.7. The van der Waals surface area contributed by atoms with Crippen molar-refractivity contribution in [1.29, 1.82) is 0 Å². The monoisotopic (exact) mass is 618 g/mol. The van der Waals surface area contributed by atoms with E-state index in [1.807, 2.05) is 24.3 Å². The van der Waals surface area contributed by atoms with Crippen LogP contribution >= 0.6 is 0 Å². The molecular formula is C34H37F3N6O2. The van der Waals surface area contributed by atoms with Crippen LogP contribution in [0.1, 0.15) is 60.8 Å². The number of amides is 2. The molecule has 3 aromatic carbocycles. The van der Waals surface area contributed by atoms with Crippen LogP contribution in [0.25, 0.3) is 17.1 Å². The van der Waals surface area contributed by atoms with Crippen molar-refractivity contribution in [2.75, 3.05) is 18.0 Å². The lowest BCUT2D eigenvalue weighted by atomic mass is 9.95. The Balaban J connectivity index is 1.22. The van der Waals surface area contributed by atoms with E-state index in [0.29, 0.717) is 18.1 Å². The predicted octanol–water partition coefficient (Wildman–Crippen LogP) is 8.05. The van der Waals surface area contributed by atoms with Crippen LogP contribution in [0.2, 0.25) is 0 Å². The minimum Gasteiger partial charge on any atom is -0.406 e. The number of anilines is 1. The molecule has 1 aliphatic heterocycles. The highest BCUT2D eigenvalue weighted by Gasteiger charge is 2.31. The highest BCUT2D eigenvalue weighted by atomic mass is 19.4. The first-order valence-electron chi connectivity index (χ1n) is 15.1. The number of hydrogen-bond donors (Lipinski definition) is 1. The number of rotatable bonds is 8. The molecule has 0 radical (unpaired) electrons. The second-order valence-corrected chi connectivity index (χ2v) is 11.4. The quantitative estimate of drug-likeness (QED) is 0.216. The molecular weight excluding hydrogens is 581 g/mol. The predicted molar refractivity (Wildman–Crippen MR) is 169 cm³/mol. The molecule has 0 bridgehead atoms. The van der Waals surface area contributed by atoms with Crippen LogP contribution in [0.15, 0.2) is 72.0 Å². The molecule has 0 spiro atoms. The first-order chi connectivity index (χ1) is 21.5. The molecule has 11 heteroatoms. The molecule has 236 valence electrons. The van der Waals surface area contributed by atoms with E-state index in [0.717, 1.165) is 54.9 Å². The molecule has 1 saturated heterocycles. The molecule has 5 rings (SSSR count). The topological polar surface area (TPSA) is 84.6 Å². The maximum atomic E-state index is 13.0. The average molecular weight is 619 g/mol. The lowest BCUT2D eigenvalue weighted by molar-refractivity contribution is -0.274. The third-order valence-electron chi connectivity index (χ3n) is 7.94. The number of halogens is 3. The van der Waals surface area contributed by atoms with E-state index in [2.05, 4.69) is 69.9 Å². The molecule has 2 heterocycles. The van der Waals surface area contributed by atoms with E-state index in [1.54, 1.807) is 0 Å². The number of amidine groups is 1. The van der Waals surface area contributed by atoms with Crippen LogP contribution in [0.3, 0.4) is 0 Å². The lowest BCUT2D eigenvalue weighted by Gasteiger charge is -2.33. The number of hydrogen-bond acceptors (Lipinski definition) is 4. The maximum absolute atomic E-state index is 13.0. The summed E-state index contributed by atoms with van der Waals surface area (Å²) in [6.07, 6.45) is 0.412. The first-order valence-corrected chi connectivity index (χ1v) is 15.1. The Morgan fingerprint density at radius 3 is 2.36 bits per heavy atom. The molecule has 1 N–H and O–H groups in total. The van der Waals surface area contributed by atoms with Gasteiger partial charge in [0.25, 0.3) is 0 Å². The van der Waals surface area contributed by atoms with Gasteiger partial charge in [-0.25, -0.2) is 14.5 Å². The van der Waals surface area contributed by atoms with E-state index in [9.17, 15) is 18.0 Å². The number of nitrogens with one attached hydrogen (secondary N) is 1. The summed E-state index contributed by atoms with van der Waals surface area (Å²) in [6, 6.07) is 17.3. The number of ether oxygens (including phenoxy) is 1. The van der Waals surface area contributed by atoms with Gasteiger partial charge in [0, 0.05) is 36.7 Å². The highest BCUT2D eigenvalue weighted by Crippen LogP contribution is 2.30. The number of benzene rings is 3. The Morgan fingerprint density at radius 2 is 1.71 bits per heavy atom. The summed E-state index contributed by atoms with van der Waals surface area (Å²) in [4.78, 5) is 24.1. The zero-order valence-electron chi connectivity index (χ0n) is 25.9. The fourth-order valence-electron chi connectivity index (χ4n) is 5.86. The molecule has 0 aliphatic carbocycles. The van der Waals surface area contributed by atoms with E-state index in [4.69, 9.17) is 0 Å². The molecule has 8 nitrogen and oxygen atoms in total. The van der Waals surface area contributed by atoms with Crippen molar-refractivity contribution in [3.8, 4) is 22.8 Å². The maximum Gasteiger partial charge on any atom is 0.573 e. The zero-order valence-corrected chi connectivity index (χ0v) is 25.9.